The van der Waals surface area contributed by atoms with Gasteiger partial charge in [0, 0.05) is 25.1 Å². The van der Waals surface area contributed by atoms with Gasteiger partial charge in [0.15, 0.2) is 0 Å². The molecule has 1 aliphatic rings. The van der Waals surface area contributed by atoms with E-state index >= 15 is 0 Å². The topological polar surface area (TPSA) is 93.8 Å². The standard InChI is InChI=1S/C15H22N2O4/c1-3-20-13-5-4-11(8-12(13)16)14(18)17-9-15(19)6-7-21-10(15)2/h4-5,8,10,19H,3,6-7,9,16H2,1-2H3,(H,17,18). The summed E-state index contributed by atoms with van der Waals surface area (Å²) in [5.41, 5.74) is 5.68. The third-order valence-corrected chi connectivity index (χ3v) is 3.79. The molecule has 21 heavy (non-hydrogen) atoms. The lowest BCUT2D eigenvalue weighted by Crippen LogP contribution is -2.47. The zero-order valence-corrected chi connectivity index (χ0v) is 12.4. The molecule has 1 aromatic rings. The van der Waals surface area contributed by atoms with E-state index in [4.69, 9.17) is 15.2 Å². The summed E-state index contributed by atoms with van der Waals surface area (Å²) in [6, 6.07) is 4.89. The van der Waals surface area contributed by atoms with Gasteiger partial charge in [-0.15, -0.1) is 0 Å². The van der Waals surface area contributed by atoms with Crippen LogP contribution in [0.2, 0.25) is 0 Å². The van der Waals surface area contributed by atoms with Gasteiger partial charge < -0.3 is 25.6 Å². The van der Waals surface area contributed by atoms with Gasteiger partial charge in [0.1, 0.15) is 11.4 Å². The summed E-state index contributed by atoms with van der Waals surface area (Å²) in [4.78, 5) is 12.1. The first-order chi connectivity index (χ1) is 9.96. The van der Waals surface area contributed by atoms with Crippen molar-refractivity contribution in [3.63, 3.8) is 0 Å². The van der Waals surface area contributed by atoms with E-state index in [9.17, 15) is 9.90 Å². The smallest absolute Gasteiger partial charge is 0.251 e. The van der Waals surface area contributed by atoms with Crippen molar-refractivity contribution in [3.8, 4) is 5.75 Å². The first-order valence-corrected chi connectivity index (χ1v) is 7.11. The van der Waals surface area contributed by atoms with Gasteiger partial charge in [0.05, 0.1) is 18.4 Å². The van der Waals surface area contributed by atoms with Crippen molar-refractivity contribution in [1.29, 1.82) is 0 Å². The van der Waals surface area contributed by atoms with Crippen LogP contribution < -0.4 is 15.8 Å². The molecule has 0 radical (unpaired) electrons. The Morgan fingerprint density at radius 2 is 2.38 bits per heavy atom. The number of nitrogen functional groups attached to an aromatic ring is 1. The molecule has 1 heterocycles. The monoisotopic (exact) mass is 294 g/mol. The van der Waals surface area contributed by atoms with Crippen LogP contribution in [0.25, 0.3) is 0 Å². The molecule has 0 aliphatic carbocycles. The summed E-state index contributed by atoms with van der Waals surface area (Å²) in [5.74, 6) is 0.280. The van der Waals surface area contributed by atoms with Crippen molar-refractivity contribution < 1.29 is 19.4 Å². The molecule has 1 saturated heterocycles. The zero-order chi connectivity index (χ0) is 15.5. The zero-order valence-electron chi connectivity index (χ0n) is 12.4. The highest BCUT2D eigenvalue weighted by Gasteiger charge is 2.39. The van der Waals surface area contributed by atoms with Crippen molar-refractivity contribution in [2.24, 2.45) is 0 Å². The van der Waals surface area contributed by atoms with E-state index in [0.29, 0.717) is 36.6 Å². The van der Waals surface area contributed by atoms with Gasteiger partial charge in [-0.25, -0.2) is 0 Å². The molecule has 1 fully saturated rings. The fourth-order valence-electron chi connectivity index (χ4n) is 2.31. The number of hydrogen-bond donors (Lipinski definition) is 3. The number of rotatable bonds is 5. The second kappa shape index (κ2) is 6.32. The molecule has 2 unspecified atom stereocenters. The van der Waals surface area contributed by atoms with Crippen molar-refractivity contribution in [3.05, 3.63) is 23.8 Å². The van der Waals surface area contributed by atoms with E-state index in [0.717, 1.165) is 0 Å². The molecule has 2 atom stereocenters. The summed E-state index contributed by atoms with van der Waals surface area (Å²) < 4.78 is 10.7. The van der Waals surface area contributed by atoms with Crippen LogP contribution >= 0.6 is 0 Å². The lowest BCUT2D eigenvalue weighted by molar-refractivity contribution is -0.0251. The first-order valence-electron chi connectivity index (χ1n) is 7.11. The van der Waals surface area contributed by atoms with Crippen molar-refractivity contribution in [1.82, 2.24) is 5.32 Å². The largest absolute Gasteiger partial charge is 0.492 e. The maximum atomic E-state index is 12.1. The van der Waals surface area contributed by atoms with E-state index in [1.807, 2.05) is 6.92 Å². The van der Waals surface area contributed by atoms with Crippen LogP contribution in [0.3, 0.4) is 0 Å². The van der Waals surface area contributed by atoms with Crippen LogP contribution in [0.5, 0.6) is 5.75 Å². The molecule has 0 spiro atoms. The number of amides is 1. The predicted molar refractivity (Wildman–Crippen MR) is 79.3 cm³/mol. The summed E-state index contributed by atoms with van der Waals surface area (Å²) in [6.45, 7) is 4.84. The van der Waals surface area contributed by atoms with Gasteiger partial charge in [-0.2, -0.15) is 0 Å². The second-order valence-corrected chi connectivity index (χ2v) is 5.23. The van der Waals surface area contributed by atoms with E-state index in [-0.39, 0.29) is 18.6 Å². The molecule has 0 saturated carbocycles. The van der Waals surface area contributed by atoms with Gasteiger partial charge in [-0.05, 0) is 32.0 Å². The Hall–Kier alpha value is -1.79. The molecule has 2 rings (SSSR count). The van der Waals surface area contributed by atoms with Crippen molar-refractivity contribution in [2.75, 3.05) is 25.5 Å². The van der Waals surface area contributed by atoms with E-state index < -0.39 is 5.60 Å². The quantitative estimate of drug-likeness (QED) is 0.703. The third-order valence-electron chi connectivity index (χ3n) is 3.79. The highest BCUT2D eigenvalue weighted by molar-refractivity contribution is 5.95. The Balaban J connectivity index is 1.99. The van der Waals surface area contributed by atoms with Crippen molar-refractivity contribution >= 4 is 11.6 Å². The Labute approximate surface area is 124 Å². The summed E-state index contributed by atoms with van der Waals surface area (Å²) >= 11 is 0. The first kappa shape index (κ1) is 15.6. The number of anilines is 1. The average molecular weight is 294 g/mol. The Bertz CT molecular complexity index is 520. The van der Waals surface area contributed by atoms with E-state index in [1.165, 1.54) is 0 Å². The molecule has 4 N–H and O–H groups in total. The number of ether oxygens (including phenoxy) is 2. The van der Waals surface area contributed by atoms with Crippen molar-refractivity contribution in [2.45, 2.75) is 32.0 Å². The molecule has 116 valence electrons. The van der Waals surface area contributed by atoms with E-state index in [2.05, 4.69) is 5.32 Å². The van der Waals surface area contributed by atoms with Crippen LogP contribution in [-0.4, -0.2) is 42.5 Å². The molecule has 6 nitrogen and oxygen atoms in total. The average Bonchev–Trinajstić information content (AvgIpc) is 2.79. The number of hydrogen-bond acceptors (Lipinski definition) is 5. The van der Waals surface area contributed by atoms with Gasteiger partial charge in [-0.3, -0.25) is 4.79 Å². The highest BCUT2D eigenvalue weighted by atomic mass is 16.5. The maximum absolute atomic E-state index is 12.1. The Morgan fingerprint density at radius 3 is 2.95 bits per heavy atom. The fraction of sp³-hybridized carbons (Fsp3) is 0.533. The van der Waals surface area contributed by atoms with Gasteiger partial charge in [-0.1, -0.05) is 0 Å². The second-order valence-electron chi connectivity index (χ2n) is 5.23. The summed E-state index contributed by atoms with van der Waals surface area (Å²) in [6.07, 6.45) is 0.225. The summed E-state index contributed by atoms with van der Waals surface area (Å²) in [5, 5.41) is 13.1. The van der Waals surface area contributed by atoms with Crippen LogP contribution in [-0.2, 0) is 4.74 Å². The number of nitrogens with one attached hydrogen (secondary N) is 1. The molecule has 1 aromatic carbocycles. The van der Waals surface area contributed by atoms with Gasteiger partial charge in [0.2, 0.25) is 0 Å². The minimum absolute atomic E-state index is 0.153. The molecular weight excluding hydrogens is 272 g/mol. The summed E-state index contributed by atoms with van der Waals surface area (Å²) in [7, 11) is 0. The maximum Gasteiger partial charge on any atom is 0.251 e. The number of aliphatic hydroxyl groups is 1. The molecule has 1 aliphatic heterocycles. The minimum atomic E-state index is -1.01. The molecule has 0 bridgehead atoms. The number of carbonyl (C=O) groups is 1. The lowest BCUT2D eigenvalue weighted by atomic mass is 9.96. The third kappa shape index (κ3) is 3.46. The predicted octanol–water partition coefficient (Wildman–Crippen LogP) is 0.937. The van der Waals surface area contributed by atoms with Crippen LogP contribution in [0.15, 0.2) is 18.2 Å². The molecule has 0 aromatic heterocycles. The molecular formula is C15H22N2O4. The van der Waals surface area contributed by atoms with Gasteiger partial charge >= 0.3 is 0 Å². The number of carbonyl (C=O) groups excluding carboxylic acids is 1. The lowest BCUT2D eigenvalue weighted by Gasteiger charge is -2.26. The fourth-order valence-corrected chi connectivity index (χ4v) is 2.31. The van der Waals surface area contributed by atoms with Crippen LogP contribution in [0, 0.1) is 0 Å². The Morgan fingerprint density at radius 1 is 1.62 bits per heavy atom. The van der Waals surface area contributed by atoms with Crippen LogP contribution in [0.1, 0.15) is 30.6 Å². The number of benzene rings is 1. The SMILES string of the molecule is CCOc1ccc(C(=O)NCC2(O)CCOC2C)cc1N. The van der Waals surface area contributed by atoms with E-state index in [1.54, 1.807) is 25.1 Å². The minimum Gasteiger partial charge on any atom is -0.492 e. The highest BCUT2D eigenvalue weighted by Crippen LogP contribution is 2.25. The molecule has 6 heteroatoms. The van der Waals surface area contributed by atoms with Gasteiger partial charge in [0.25, 0.3) is 5.91 Å². The Kier molecular flexibility index (Phi) is 4.69. The molecule has 1 amide bonds. The van der Waals surface area contributed by atoms with Crippen LogP contribution in [0.4, 0.5) is 5.69 Å². The normalized spacial score (nSPS) is 24.8. The number of nitrogens with two attached hydrogens (primary N) is 1.